The van der Waals surface area contributed by atoms with Crippen LogP contribution in [0.15, 0.2) is 42.5 Å². The van der Waals surface area contributed by atoms with Gasteiger partial charge in [0.15, 0.2) is 29.0 Å². The predicted molar refractivity (Wildman–Crippen MR) is 122 cm³/mol. The Balaban J connectivity index is 1.54. The second-order valence-electron chi connectivity index (χ2n) is 9.36. The molecule has 0 amide bonds. The number of hydrogen-bond acceptors (Lipinski definition) is 1. The molecule has 198 valence electrons. The van der Waals surface area contributed by atoms with Gasteiger partial charge in [-0.1, -0.05) is 25.8 Å². The first-order chi connectivity index (χ1) is 17.5. The van der Waals surface area contributed by atoms with Gasteiger partial charge in [0.1, 0.15) is 5.82 Å². The highest BCUT2D eigenvalue weighted by Gasteiger charge is 2.39. The molecular weight excluding hydrogens is 504 g/mol. The van der Waals surface area contributed by atoms with E-state index in [0.29, 0.717) is 29.7 Å². The molecule has 1 aliphatic rings. The number of rotatable bonds is 7. The average molecular weight is 528 g/mol. The van der Waals surface area contributed by atoms with Gasteiger partial charge in [-0.05, 0) is 85.0 Å². The lowest BCUT2D eigenvalue weighted by atomic mass is 9.77. The standard InChI is InChI=1S/C28H24F8O/c1-2-3-15-4-6-16(7-5-15)17-8-10-20(21(29)12-17)28(35,36)37-24-11-9-19(25(32)27(24)34)18-13-22(30)26(33)23(31)14-18/h8-16H,2-7H2,1H3. The van der Waals surface area contributed by atoms with Crippen LogP contribution in [0.1, 0.15) is 62.5 Å². The van der Waals surface area contributed by atoms with Crippen molar-refractivity contribution in [3.8, 4) is 16.9 Å². The minimum absolute atomic E-state index is 0.0476. The monoisotopic (exact) mass is 528 g/mol. The molecule has 0 heterocycles. The van der Waals surface area contributed by atoms with E-state index in [2.05, 4.69) is 11.7 Å². The van der Waals surface area contributed by atoms with E-state index >= 15 is 0 Å². The average Bonchev–Trinajstić information content (AvgIpc) is 2.85. The zero-order valence-corrected chi connectivity index (χ0v) is 19.9. The SMILES string of the molecule is CCCC1CCC(c2ccc(C(F)(F)Oc3ccc(-c4cc(F)c(F)c(F)c4)c(F)c3F)c(F)c2)CC1. The van der Waals surface area contributed by atoms with E-state index in [4.69, 9.17) is 0 Å². The highest BCUT2D eigenvalue weighted by Crippen LogP contribution is 2.41. The summed E-state index contributed by atoms with van der Waals surface area (Å²) in [5.41, 5.74) is -1.83. The summed E-state index contributed by atoms with van der Waals surface area (Å²) in [5.74, 6) is -10.6. The van der Waals surface area contributed by atoms with Crippen molar-refractivity contribution in [1.29, 1.82) is 0 Å². The lowest BCUT2D eigenvalue weighted by molar-refractivity contribution is -0.189. The predicted octanol–water partition coefficient (Wildman–Crippen LogP) is 9.39. The number of benzene rings is 3. The van der Waals surface area contributed by atoms with Gasteiger partial charge in [0.2, 0.25) is 5.82 Å². The molecule has 1 aliphatic carbocycles. The molecular formula is C28H24F8O. The summed E-state index contributed by atoms with van der Waals surface area (Å²) in [7, 11) is 0. The minimum atomic E-state index is -4.36. The van der Waals surface area contributed by atoms with E-state index in [1.807, 2.05) is 0 Å². The Hall–Kier alpha value is -3.10. The number of alkyl halides is 2. The Morgan fingerprint density at radius 1 is 0.757 bits per heavy atom. The minimum Gasteiger partial charge on any atom is -0.426 e. The first-order valence-electron chi connectivity index (χ1n) is 12.0. The molecule has 1 nitrogen and oxygen atoms in total. The molecule has 0 atom stereocenters. The number of hydrogen-bond donors (Lipinski definition) is 0. The van der Waals surface area contributed by atoms with Gasteiger partial charge in [-0.25, -0.2) is 22.0 Å². The Labute approximate surface area is 209 Å². The van der Waals surface area contributed by atoms with Crippen LogP contribution in [0, 0.1) is 40.8 Å². The summed E-state index contributed by atoms with van der Waals surface area (Å²) < 4.78 is 118. The number of halogens is 8. The van der Waals surface area contributed by atoms with Crippen LogP contribution in [-0.4, -0.2) is 0 Å². The summed E-state index contributed by atoms with van der Waals surface area (Å²) in [5, 5.41) is 0. The van der Waals surface area contributed by atoms with Gasteiger partial charge >= 0.3 is 6.11 Å². The summed E-state index contributed by atoms with van der Waals surface area (Å²) in [6.45, 7) is 2.12. The van der Waals surface area contributed by atoms with Crippen LogP contribution in [0.25, 0.3) is 11.1 Å². The van der Waals surface area contributed by atoms with Crippen LogP contribution in [-0.2, 0) is 6.11 Å². The topological polar surface area (TPSA) is 9.23 Å². The normalized spacial score (nSPS) is 18.2. The van der Waals surface area contributed by atoms with Crippen LogP contribution in [0.4, 0.5) is 35.1 Å². The van der Waals surface area contributed by atoms with E-state index in [0.717, 1.165) is 56.7 Å². The van der Waals surface area contributed by atoms with Gasteiger partial charge in [-0.2, -0.15) is 13.2 Å². The molecule has 0 bridgehead atoms. The fourth-order valence-corrected chi connectivity index (χ4v) is 4.95. The van der Waals surface area contributed by atoms with Crippen molar-refractivity contribution in [2.75, 3.05) is 0 Å². The smallest absolute Gasteiger partial charge is 0.426 e. The molecule has 3 aromatic rings. The third-order valence-corrected chi connectivity index (χ3v) is 6.90. The molecule has 0 unspecified atom stereocenters. The maximum atomic E-state index is 14.8. The van der Waals surface area contributed by atoms with Crippen LogP contribution in [0.3, 0.4) is 0 Å². The number of ether oxygens (including phenoxy) is 1. The van der Waals surface area contributed by atoms with Crippen molar-refractivity contribution in [2.24, 2.45) is 5.92 Å². The molecule has 9 heteroatoms. The maximum Gasteiger partial charge on any atom is 0.429 e. The van der Waals surface area contributed by atoms with Gasteiger partial charge in [0.05, 0.1) is 5.56 Å². The second kappa shape index (κ2) is 10.7. The molecule has 0 N–H and O–H groups in total. The molecule has 0 radical (unpaired) electrons. The molecule has 4 rings (SSSR count). The van der Waals surface area contributed by atoms with Crippen LogP contribution in [0.2, 0.25) is 0 Å². The van der Waals surface area contributed by atoms with Crippen molar-refractivity contribution < 1.29 is 39.9 Å². The van der Waals surface area contributed by atoms with E-state index in [9.17, 15) is 35.1 Å². The molecule has 3 aromatic carbocycles. The summed E-state index contributed by atoms with van der Waals surface area (Å²) in [6.07, 6.45) is 1.48. The van der Waals surface area contributed by atoms with Crippen LogP contribution >= 0.6 is 0 Å². The van der Waals surface area contributed by atoms with Gasteiger partial charge in [0, 0.05) is 5.56 Å². The zero-order valence-electron chi connectivity index (χ0n) is 19.9. The molecule has 37 heavy (non-hydrogen) atoms. The zero-order chi connectivity index (χ0) is 26.9. The Bertz CT molecular complexity index is 1260. The van der Waals surface area contributed by atoms with E-state index in [1.54, 1.807) is 0 Å². The fraction of sp³-hybridized carbons (Fsp3) is 0.357. The molecule has 1 fully saturated rings. The lowest BCUT2D eigenvalue weighted by Gasteiger charge is -2.29. The Kier molecular flexibility index (Phi) is 7.80. The lowest BCUT2D eigenvalue weighted by Crippen LogP contribution is -2.24. The first-order valence-corrected chi connectivity index (χ1v) is 12.0. The highest BCUT2D eigenvalue weighted by molar-refractivity contribution is 5.65. The molecule has 1 saturated carbocycles. The Morgan fingerprint density at radius 2 is 1.41 bits per heavy atom. The second-order valence-corrected chi connectivity index (χ2v) is 9.36. The highest BCUT2D eigenvalue weighted by atomic mass is 19.3. The van der Waals surface area contributed by atoms with E-state index in [1.165, 1.54) is 6.07 Å². The first kappa shape index (κ1) is 26.9. The molecule has 0 saturated heterocycles. The van der Waals surface area contributed by atoms with Gasteiger partial charge in [0.25, 0.3) is 0 Å². The summed E-state index contributed by atoms with van der Waals surface area (Å²) in [4.78, 5) is 0. The van der Waals surface area contributed by atoms with Crippen molar-refractivity contribution >= 4 is 0 Å². The maximum absolute atomic E-state index is 14.8. The molecule has 0 aliphatic heterocycles. The third-order valence-electron chi connectivity index (χ3n) is 6.90. The van der Waals surface area contributed by atoms with Crippen LogP contribution < -0.4 is 4.74 Å². The molecule has 0 aromatic heterocycles. The van der Waals surface area contributed by atoms with Crippen molar-refractivity contribution in [2.45, 2.75) is 57.5 Å². The van der Waals surface area contributed by atoms with Gasteiger partial charge in [-0.15, -0.1) is 0 Å². The largest absolute Gasteiger partial charge is 0.429 e. The van der Waals surface area contributed by atoms with Crippen molar-refractivity contribution in [3.05, 3.63) is 88.5 Å². The van der Waals surface area contributed by atoms with Crippen molar-refractivity contribution in [3.63, 3.8) is 0 Å². The van der Waals surface area contributed by atoms with Crippen molar-refractivity contribution in [1.82, 2.24) is 0 Å². The fourth-order valence-electron chi connectivity index (χ4n) is 4.95. The van der Waals surface area contributed by atoms with Gasteiger partial charge in [-0.3, -0.25) is 0 Å². The van der Waals surface area contributed by atoms with Gasteiger partial charge < -0.3 is 4.74 Å². The van der Waals surface area contributed by atoms with E-state index in [-0.39, 0.29) is 5.92 Å². The summed E-state index contributed by atoms with van der Waals surface area (Å²) in [6, 6.07) is 5.49. The summed E-state index contributed by atoms with van der Waals surface area (Å²) >= 11 is 0. The Morgan fingerprint density at radius 3 is 2.00 bits per heavy atom. The quantitative estimate of drug-likeness (QED) is 0.219. The molecule has 0 spiro atoms. The van der Waals surface area contributed by atoms with E-state index < -0.39 is 63.5 Å². The third kappa shape index (κ3) is 5.60. The van der Waals surface area contributed by atoms with Crippen LogP contribution in [0.5, 0.6) is 5.75 Å².